The Morgan fingerprint density at radius 2 is 2.16 bits per heavy atom. The first kappa shape index (κ1) is 16.6. The van der Waals surface area contributed by atoms with Crippen molar-refractivity contribution in [1.82, 2.24) is 15.2 Å². The molecular weight excluding hydrogens is 254 g/mol. The average Bonchev–Trinajstić information content (AvgIpc) is 2.70. The molecule has 1 unspecified atom stereocenters. The van der Waals surface area contributed by atoms with E-state index in [2.05, 4.69) is 62.2 Å². The van der Waals surface area contributed by atoms with Gasteiger partial charge in [-0.25, -0.2) is 4.98 Å². The number of nitrogens with zero attached hydrogens (tertiary/aromatic N) is 2. The average molecular weight is 283 g/mol. The van der Waals surface area contributed by atoms with Gasteiger partial charge in [0.25, 0.3) is 0 Å². The summed E-state index contributed by atoms with van der Waals surface area (Å²) in [6.07, 6.45) is 1.19. The second-order valence-corrected chi connectivity index (χ2v) is 7.26. The maximum absolute atomic E-state index is 4.54. The Labute approximate surface area is 122 Å². The summed E-state index contributed by atoms with van der Waals surface area (Å²) < 4.78 is 0. The monoisotopic (exact) mass is 283 g/mol. The zero-order valence-corrected chi connectivity index (χ0v) is 14.1. The predicted octanol–water partition coefficient (Wildman–Crippen LogP) is 3.30. The lowest BCUT2D eigenvalue weighted by Crippen LogP contribution is -2.46. The molecule has 3 nitrogen and oxygen atoms in total. The SMILES string of the molecule is CCCNC(C)C(C)(C)CN(C)Cc1csc(C)n1. The Kier molecular flexibility index (Phi) is 6.43. The zero-order valence-electron chi connectivity index (χ0n) is 13.3. The highest BCUT2D eigenvalue weighted by Gasteiger charge is 2.26. The van der Waals surface area contributed by atoms with Gasteiger partial charge < -0.3 is 5.32 Å². The fourth-order valence-electron chi connectivity index (χ4n) is 2.28. The van der Waals surface area contributed by atoms with Gasteiger partial charge in [0.2, 0.25) is 0 Å². The van der Waals surface area contributed by atoms with Crippen molar-refractivity contribution in [3.8, 4) is 0 Å². The lowest BCUT2D eigenvalue weighted by atomic mass is 9.84. The second kappa shape index (κ2) is 7.36. The van der Waals surface area contributed by atoms with Crippen LogP contribution in [0, 0.1) is 12.3 Å². The third kappa shape index (κ3) is 5.59. The molecule has 110 valence electrons. The molecule has 0 radical (unpaired) electrons. The van der Waals surface area contributed by atoms with E-state index in [9.17, 15) is 0 Å². The molecule has 0 bridgehead atoms. The molecule has 0 aliphatic heterocycles. The van der Waals surface area contributed by atoms with Gasteiger partial charge in [0.05, 0.1) is 10.7 Å². The smallest absolute Gasteiger partial charge is 0.0897 e. The largest absolute Gasteiger partial charge is 0.314 e. The molecule has 0 amide bonds. The predicted molar refractivity (Wildman–Crippen MR) is 84.7 cm³/mol. The Bertz CT molecular complexity index is 373. The number of hydrogen-bond acceptors (Lipinski definition) is 4. The fourth-order valence-corrected chi connectivity index (χ4v) is 2.89. The van der Waals surface area contributed by atoms with E-state index in [1.165, 1.54) is 12.1 Å². The minimum atomic E-state index is 0.259. The van der Waals surface area contributed by atoms with Gasteiger partial charge in [-0.15, -0.1) is 11.3 Å². The van der Waals surface area contributed by atoms with E-state index in [1.807, 2.05) is 0 Å². The van der Waals surface area contributed by atoms with Crippen LogP contribution in [0.25, 0.3) is 0 Å². The van der Waals surface area contributed by atoms with E-state index >= 15 is 0 Å². The quantitative estimate of drug-likeness (QED) is 0.793. The van der Waals surface area contributed by atoms with E-state index < -0.39 is 0 Å². The Hall–Kier alpha value is -0.450. The number of rotatable bonds is 8. The number of nitrogens with one attached hydrogen (secondary N) is 1. The van der Waals surface area contributed by atoms with Crippen molar-refractivity contribution in [1.29, 1.82) is 0 Å². The van der Waals surface area contributed by atoms with Crippen LogP contribution in [0.5, 0.6) is 0 Å². The molecule has 4 heteroatoms. The molecule has 0 spiro atoms. The Morgan fingerprint density at radius 1 is 1.47 bits per heavy atom. The highest BCUT2D eigenvalue weighted by atomic mass is 32.1. The zero-order chi connectivity index (χ0) is 14.5. The van der Waals surface area contributed by atoms with Crippen LogP contribution in [0.15, 0.2) is 5.38 Å². The summed E-state index contributed by atoms with van der Waals surface area (Å²) in [4.78, 5) is 6.91. The van der Waals surface area contributed by atoms with Crippen LogP contribution in [0.2, 0.25) is 0 Å². The van der Waals surface area contributed by atoms with E-state index in [0.29, 0.717) is 6.04 Å². The summed E-state index contributed by atoms with van der Waals surface area (Å²) in [5.41, 5.74) is 1.45. The minimum absolute atomic E-state index is 0.259. The van der Waals surface area contributed by atoms with E-state index in [4.69, 9.17) is 0 Å². The fraction of sp³-hybridized carbons (Fsp3) is 0.800. The molecule has 19 heavy (non-hydrogen) atoms. The van der Waals surface area contributed by atoms with E-state index in [-0.39, 0.29) is 5.41 Å². The van der Waals surface area contributed by atoms with Crippen LogP contribution >= 0.6 is 11.3 Å². The number of aryl methyl sites for hydroxylation is 1. The molecule has 0 aromatic carbocycles. The van der Waals surface area contributed by atoms with Crippen molar-refractivity contribution in [3.63, 3.8) is 0 Å². The van der Waals surface area contributed by atoms with Crippen molar-refractivity contribution in [2.45, 2.75) is 53.6 Å². The summed E-state index contributed by atoms with van der Waals surface area (Å²) in [6, 6.07) is 0.520. The van der Waals surface area contributed by atoms with Gasteiger partial charge in [0.1, 0.15) is 0 Å². The van der Waals surface area contributed by atoms with Crippen molar-refractivity contribution < 1.29 is 0 Å². The molecule has 1 rings (SSSR count). The molecule has 1 N–H and O–H groups in total. The van der Waals surface area contributed by atoms with Crippen LogP contribution in [0.4, 0.5) is 0 Å². The number of aromatic nitrogens is 1. The summed E-state index contributed by atoms with van der Waals surface area (Å²) in [7, 11) is 2.18. The van der Waals surface area contributed by atoms with Crippen LogP contribution < -0.4 is 5.32 Å². The molecule has 1 aromatic heterocycles. The highest BCUT2D eigenvalue weighted by Crippen LogP contribution is 2.22. The van der Waals surface area contributed by atoms with Gasteiger partial charge in [0.15, 0.2) is 0 Å². The Balaban J connectivity index is 2.47. The van der Waals surface area contributed by atoms with Crippen molar-refractivity contribution in [2.24, 2.45) is 5.41 Å². The van der Waals surface area contributed by atoms with Gasteiger partial charge in [-0.2, -0.15) is 0 Å². The normalized spacial score (nSPS) is 14.1. The molecular formula is C15H29N3S. The lowest BCUT2D eigenvalue weighted by Gasteiger charge is -2.36. The maximum atomic E-state index is 4.54. The first-order valence-electron chi connectivity index (χ1n) is 7.18. The van der Waals surface area contributed by atoms with Crippen LogP contribution in [-0.2, 0) is 6.54 Å². The third-order valence-corrected chi connectivity index (χ3v) is 4.47. The van der Waals surface area contributed by atoms with Gasteiger partial charge >= 0.3 is 0 Å². The van der Waals surface area contributed by atoms with Crippen LogP contribution in [0.3, 0.4) is 0 Å². The highest BCUT2D eigenvalue weighted by molar-refractivity contribution is 7.09. The summed E-state index contributed by atoms with van der Waals surface area (Å²) >= 11 is 1.73. The molecule has 1 atom stereocenters. The molecule has 0 saturated carbocycles. The maximum Gasteiger partial charge on any atom is 0.0897 e. The number of hydrogen-bond donors (Lipinski definition) is 1. The number of thiazole rings is 1. The minimum Gasteiger partial charge on any atom is -0.314 e. The van der Waals surface area contributed by atoms with Crippen molar-refractivity contribution in [3.05, 3.63) is 16.1 Å². The summed E-state index contributed by atoms with van der Waals surface area (Å²) in [5.74, 6) is 0. The molecule has 0 fully saturated rings. The molecule has 0 aliphatic rings. The standard InChI is InChI=1S/C15H29N3S/c1-7-8-16-12(2)15(4,5)11-18(6)9-14-10-19-13(3)17-14/h10,12,16H,7-9,11H2,1-6H3. The molecule has 0 aliphatic carbocycles. The second-order valence-electron chi connectivity index (χ2n) is 6.19. The van der Waals surface area contributed by atoms with Gasteiger partial charge in [-0.3, -0.25) is 4.90 Å². The lowest BCUT2D eigenvalue weighted by molar-refractivity contribution is 0.159. The van der Waals surface area contributed by atoms with Crippen molar-refractivity contribution >= 4 is 11.3 Å². The summed E-state index contributed by atoms with van der Waals surface area (Å²) in [6.45, 7) is 14.3. The van der Waals surface area contributed by atoms with E-state index in [0.717, 1.165) is 24.6 Å². The third-order valence-electron chi connectivity index (χ3n) is 3.65. The summed E-state index contributed by atoms with van der Waals surface area (Å²) in [5, 5.41) is 6.92. The molecule has 0 saturated heterocycles. The van der Waals surface area contributed by atoms with Gasteiger partial charge in [-0.05, 0) is 39.3 Å². The van der Waals surface area contributed by atoms with Crippen LogP contribution in [0.1, 0.15) is 44.8 Å². The first-order valence-corrected chi connectivity index (χ1v) is 8.06. The molecule has 1 heterocycles. The van der Waals surface area contributed by atoms with Gasteiger partial charge in [-0.1, -0.05) is 20.8 Å². The Morgan fingerprint density at radius 3 is 2.68 bits per heavy atom. The topological polar surface area (TPSA) is 28.2 Å². The molecule has 1 aromatic rings. The first-order chi connectivity index (χ1) is 8.85. The van der Waals surface area contributed by atoms with E-state index in [1.54, 1.807) is 11.3 Å². The van der Waals surface area contributed by atoms with Gasteiger partial charge in [0, 0.05) is 24.5 Å². The van der Waals surface area contributed by atoms with Crippen LogP contribution in [-0.4, -0.2) is 36.1 Å². The van der Waals surface area contributed by atoms with Crippen molar-refractivity contribution in [2.75, 3.05) is 20.1 Å².